The van der Waals surface area contributed by atoms with Gasteiger partial charge in [-0.25, -0.2) is 0 Å². The highest BCUT2D eigenvalue weighted by Crippen LogP contribution is 2.26. The first-order chi connectivity index (χ1) is 10.1. The van der Waals surface area contributed by atoms with E-state index in [-0.39, 0.29) is 6.04 Å². The third-order valence-electron chi connectivity index (χ3n) is 3.57. The van der Waals surface area contributed by atoms with Gasteiger partial charge in [0.2, 0.25) is 0 Å². The minimum Gasteiger partial charge on any atom is -0.496 e. The first-order valence-electron chi connectivity index (χ1n) is 7.07. The molecule has 0 saturated carbocycles. The Morgan fingerprint density at radius 3 is 2.62 bits per heavy atom. The Morgan fingerprint density at radius 1 is 1.24 bits per heavy atom. The van der Waals surface area contributed by atoms with E-state index in [1.807, 2.05) is 37.3 Å². The summed E-state index contributed by atoms with van der Waals surface area (Å²) in [5.74, 6) is 0.714. The maximum absolute atomic E-state index is 10.4. The lowest BCUT2D eigenvalue weighted by molar-refractivity contribution is 0.166. The van der Waals surface area contributed by atoms with Gasteiger partial charge in [-0.1, -0.05) is 11.6 Å². The fraction of sp³-hybridized carbons (Fsp3) is 0.353. The van der Waals surface area contributed by atoms with Gasteiger partial charge < -0.3 is 15.2 Å². The minimum absolute atomic E-state index is 0.151. The Kier molecular flexibility index (Phi) is 5.31. The Morgan fingerprint density at radius 2 is 1.95 bits per heavy atom. The van der Waals surface area contributed by atoms with Gasteiger partial charge in [-0.3, -0.25) is 4.98 Å². The summed E-state index contributed by atoms with van der Waals surface area (Å²) < 4.78 is 5.32. The molecule has 0 amide bonds. The Bertz CT molecular complexity index is 572. The number of nitrogens with one attached hydrogen (secondary N) is 1. The largest absolute Gasteiger partial charge is 0.496 e. The highest BCUT2D eigenvalue weighted by molar-refractivity contribution is 5.38. The normalized spacial score (nSPS) is 13.7. The van der Waals surface area contributed by atoms with E-state index in [1.165, 1.54) is 0 Å². The van der Waals surface area contributed by atoms with Crippen LogP contribution in [0.2, 0.25) is 0 Å². The van der Waals surface area contributed by atoms with Gasteiger partial charge in [-0.2, -0.15) is 0 Å². The molecule has 2 rings (SSSR count). The summed E-state index contributed by atoms with van der Waals surface area (Å²) in [6, 6.07) is 9.91. The van der Waals surface area contributed by atoms with Crippen molar-refractivity contribution in [2.75, 3.05) is 13.7 Å². The monoisotopic (exact) mass is 286 g/mol. The van der Waals surface area contributed by atoms with Crippen molar-refractivity contribution in [3.63, 3.8) is 0 Å². The minimum atomic E-state index is -0.607. The number of benzene rings is 1. The molecule has 0 radical (unpaired) electrons. The molecular formula is C17H22N2O2. The number of nitrogens with zero attached hydrogens (tertiary/aromatic N) is 1. The van der Waals surface area contributed by atoms with E-state index in [4.69, 9.17) is 4.74 Å². The van der Waals surface area contributed by atoms with Crippen LogP contribution >= 0.6 is 0 Å². The van der Waals surface area contributed by atoms with Gasteiger partial charge in [0.25, 0.3) is 0 Å². The molecule has 0 fully saturated rings. The van der Waals surface area contributed by atoms with E-state index in [0.29, 0.717) is 12.3 Å². The molecular weight excluding hydrogens is 264 g/mol. The summed E-state index contributed by atoms with van der Waals surface area (Å²) in [7, 11) is 1.62. The zero-order chi connectivity index (χ0) is 15.2. The van der Waals surface area contributed by atoms with Crippen LogP contribution in [0.25, 0.3) is 0 Å². The molecule has 2 aromatic rings. The first-order valence-corrected chi connectivity index (χ1v) is 7.07. The lowest BCUT2D eigenvalue weighted by Crippen LogP contribution is -2.25. The second-order valence-electron chi connectivity index (χ2n) is 5.17. The number of aliphatic hydroxyl groups excluding tert-OH is 1. The third-order valence-corrected chi connectivity index (χ3v) is 3.57. The summed E-state index contributed by atoms with van der Waals surface area (Å²) in [5.41, 5.74) is 3.06. The number of ether oxygens (including phenoxy) is 1. The van der Waals surface area contributed by atoms with Gasteiger partial charge in [0, 0.05) is 30.5 Å². The van der Waals surface area contributed by atoms with Crippen LogP contribution in [-0.4, -0.2) is 23.7 Å². The molecule has 0 spiro atoms. The van der Waals surface area contributed by atoms with E-state index in [9.17, 15) is 5.11 Å². The Labute approximate surface area is 125 Å². The van der Waals surface area contributed by atoms with E-state index < -0.39 is 6.10 Å². The van der Waals surface area contributed by atoms with Crippen molar-refractivity contribution in [2.24, 2.45) is 0 Å². The quantitative estimate of drug-likeness (QED) is 0.857. The standard InChI is InChI=1S/C17H22N2O2/c1-12-4-5-17(21-3)15(10-12)16(20)11-19-13(2)14-6-8-18-9-7-14/h4-10,13,16,19-20H,11H2,1-3H3/t13-,16?/m1/s1. The lowest BCUT2D eigenvalue weighted by Gasteiger charge is -2.19. The van der Waals surface area contributed by atoms with Gasteiger partial charge in [-0.05, 0) is 43.7 Å². The van der Waals surface area contributed by atoms with Crippen LogP contribution in [0.15, 0.2) is 42.7 Å². The molecule has 0 saturated heterocycles. The second kappa shape index (κ2) is 7.20. The molecule has 0 aliphatic heterocycles. The Balaban J connectivity index is 2.02. The van der Waals surface area contributed by atoms with E-state index in [2.05, 4.69) is 17.2 Å². The predicted octanol–water partition coefficient (Wildman–Crippen LogP) is 2.78. The van der Waals surface area contributed by atoms with Crippen molar-refractivity contribution in [2.45, 2.75) is 26.0 Å². The Hall–Kier alpha value is -1.91. The number of rotatable bonds is 6. The van der Waals surface area contributed by atoms with Crippen molar-refractivity contribution in [3.8, 4) is 5.75 Å². The van der Waals surface area contributed by atoms with E-state index >= 15 is 0 Å². The van der Waals surface area contributed by atoms with Crippen molar-refractivity contribution in [3.05, 3.63) is 59.4 Å². The average molecular weight is 286 g/mol. The summed E-state index contributed by atoms with van der Waals surface area (Å²) >= 11 is 0. The topological polar surface area (TPSA) is 54.4 Å². The predicted molar refractivity (Wildman–Crippen MR) is 83.3 cm³/mol. The number of methoxy groups -OCH3 is 1. The number of aliphatic hydroxyl groups is 1. The molecule has 4 heteroatoms. The van der Waals surface area contributed by atoms with Crippen LogP contribution in [0.1, 0.15) is 35.8 Å². The van der Waals surface area contributed by atoms with Crippen LogP contribution in [0.5, 0.6) is 5.75 Å². The fourth-order valence-electron chi connectivity index (χ4n) is 2.28. The van der Waals surface area contributed by atoms with Gasteiger partial charge in [0.15, 0.2) is 0 Å². The highest BCUT2D eigenvalue weighted by atomic mass is 16.5. The number of hydrogen-bond donors (Lipinski definition) is 2. The van der Waals surface area contributed by atoms with Crippen LogP contribution < -0.4 is 10.1 Å². The average Bonchev–Trinajstić information content (AvgIpc) is 2.53. The summed E-state index contributed by atoms with van der Waals surface area (Å²) in [4.78, 5) is 4.01. The molecule has 1 heterocycles. The molecule has 21 heavy (non-hydrogen) atoms. The van der Waals surface area contributed by atoms with Gasteiger partial charge in [0.1, 0.15) is 5.75 Å². The molecule has 1 aromatic heterocycles. The van der Waals surface area contributed by atoms with E-state index in [1.54, 1.807) is 19.5 Å². The van der Waals surface area contributed by atoms with Gasteiger partial charge in [0.05, 0.1) is 13.2 Å². The fourth-order valence-corrected chi connectivity index (χ4v) is 2.28. The van der Waals surface area contributed by atoms with Crippen LogP contribution in [-0.2, 0) is 0 Å². The number of aryl methyl sites for hydroxylation is 1. The first kappa shape index (κ1) is 15.5. The zero-order valence-corrected chi connectivity index (χ0v) is 12.7. The maximum Gasteiger partial charge on any atom is 0.124 e. The molecule has 2 atom stereocenters. The van der Waals surface area contributed by atoms with E-state index in [0.717, 1.165) is 16.7 Å². The lowest BCUT2D eigenvalue weighted by atomic mass is 10.0. The summed E-state index contributed by atoms with van der Waals surface area (Å²) in [6.07, 6.45) is 2.94. The number of aromatic nitrogens is 1. The van der Waals surface area contributed by atoms with Gasteiger partial charge in [-0.15, -0.1) is 0 Å². The zero-order valence-electron chi connectivity index (χ0n) is 12.7. The molecule has 2 N–H and O–H groups in total. The molecule has 0 aliphatic rings. The molecule has 0 bridgehead atoms. The third kappa shape index (κ3) is 4.03. The molecule has 112 valence electrons. The summed E-state index contributed by atoms with van der Waals surface area (Å²) in [5, 5.41) is 13.7. The molecule has 1 aromatic carbocycles. The molecule has 1 unspecified atom stereocenters. The van der Waals surface area contributed by atoms with Crippen LogP contribution in [0, 0.1) is 6.92 Å². The maximum atomic E-state index is 10.4. The van der Waals surface area contributed by atoms with Crippen LogP contribution in [0.4, 0.5) is 0 Å². The molecule has 4 nitrogen and oxygen atoms in total. The van der Waals surface area contributed by atoms with Crippen molar-refractivity contribution in [1.82, 2.24) is 10.3 Å². The van der Waals surface area contributed by atoms with Crippen molar-refractivity contribution in [1.29, 1.82) is 0 Å². The van der Waals surface area contributed by atoms with Crippen molar-refractivity contribution >= 4 is 0 Å². The summed E-state index contributed by atoms with van der Waals surface area (Å²) in [6.45, 7) is 4.53. The number of pyridine rings is 1. The smallest absolute Gasteiger partial charge is 0.124 e. The number of hydrogen-bond acceptors (Lipinski definition) is 4. The highest BCUT2D eigenvalue weighted by Gasteiger charge is 2.15. The second-order valence-corrected chi connectivity index (χ2v) is 5.17. The van der Waals surface area contributed by atoms with Crippen LogP contribution in [0.3, 0.4) is 0 Å². The molecule has 0 aliphatic carbocycles. The SMILES string of the molecule is COc1ccc(C)cc1C(O)CN[C@H](C)c1ccncc1. The van der Waals surface area contributed by atoms with Gasteiger partial charge >= 0.3 is 0 Å². The van der Waals surface area contributed by atoms with Crippen molar-refractivity contribution < 1.29 is 9.84 Å².